The Bertz CT molecular complexity index is 692. The molecule has 0 atom stereocenters. The first-order valence-electron chi connectivity index (χ1n) is 6.72. The lowest BCUT2D eigenvalue weighted by molar-refractivity contribution is 0.416. The van der Waals surface area contributed by atoms with E-state index in [1.807, 2.05) is 24.3 Å². The number of hydrogen-bond donors (Lipinski definition) is 1. The Kier molecular flexibility index (Phi) is 4.52. The van der Waals surface area contributed by atoms with Crippen LogP contribution in [0.3, 0.4) is 0 Å². The van der Waals surface area contributed by atoms with Gasteiger partial charge in [0.1, 0.15) is 5.75 Å². The van der Waals surface area contributed by atoms with E-state index in [0.717, 1.165) is 35.1 Å². The predicted molar refractivity (Wildman–Crippen MR) is 90.6 cm³/mol. The first kappa shape index (κ1) is 14.1. The van der Waals surface area contributed by atoms with Crippen molar-refractivity contribution in [3.05, 3.63) is 52.0 Å². The molecule has 0 amide bonds. The minimum Gasteiger partial charge on any atom is -0.496 e. The molecule has 0 saturated heterocycles. The van der Waals surface area contributed by atoms with Gasteiger partial charge in [-0.3, -0.25) is 0 Å². The van der Waals surface area contributed by atoms with Crippen LogP contribution in [-0.4, -0.2) is 18.6 Å². The summed E-state index contributed by atoms with van der Waals surface area (Å²) in [5, 5.41) is 8.51. The van der Waals surface area contributed by atoms with Crippen molar-refractivity contribution in [3.8, 4) is 17.0 Å². The highest BCUT2D eigenvalue weighted by Crippen LogP contribution is 2.31. The molecule has 0 aliphatic carbocycles. The van der Waals surface area contributed by atoms with Crippen molar-refractivity contribution in [1.82, 2.24) is 4.98 Å². The van der Waals surface area contributed by atoms with Gasteiger partial charge < -0.3 is 10.1 Å². The van der Waals surface area contributed by atoms with E-state index in [2.05, 4.69) is 33.2 Å². The maximum Gasteiger partial charge on any atom is 0.183 e. The van der Waals surface area contributed by atoms with Crippen LogP contribution < -0.4 is 10.1 Å². The zero-order valence-corrected chi connectivity index (χ0v) is 13.3. The fourth-order valence-electron chi connectivity index (χ4n) is 2.08. The summed E-state index contributed by atoms with van der Waals surface area (Å²) in [6.45, 7) is 0.902. The van der Waals surface area contributed by atoms with Gasteiger partial charge in [0.2, 0.25) is 0 Å². The molecule has 0 unspecified atom stereocenters. The molecular formula is C16H16N2OS2. The summed E-state index contributed by atoms with van der Waals surface area (Å²) in [5.41, 5.74) is 1.98. The Morgan fingerprint density at radius 3 is 2.86 bits per heavy atom. The number of hydrogen-bond acceptors (Lipinski definition) is 5. The molecule has 0 radical (unpaired) electrons. The summed E-state index contributed by atoms with van der Waals surface area (Å²) >= 11 is 3.42. The third kappa shape index (κ3) is 3.43. The van der Waals surface area contributed by atoms with Crippen LogP contribution in [0.1, 0.15) is 4.88 Å². The first-order valence-corrected chi connectivity index (χ1v) is 8.48. The third-order valence-corrected chi connectivity index (χ3v) is 4.85. The van der Waals surface area contributed by atoms with E-state index >= 15 is 0 Å². The highest BCUT2D eigenvalue weighted by Gasteiger charge is 2.09. The lowest BCUT2D eigenvalue weighted by atomic mass is 10.1. The molecule has 2 aromatic heterocycles. The second-order valence-electron chi connectivity index (χ2n) is 4.49. The molecular weight excluding hydrogens is 300 g/mol. The fraction of sp³-hybridized carbons (Fsp3) is 0.188. The summed E-state index contributed by atoms with van der Waals surface area (Å²) < 4.78 is 5.38. The molecule has 21 heavy (non-hydrogen) atoms. The number of benzene rings is 1. The Labute approximate surface area is 132 Å². The first-order chi connectivity index (χ1) is 10.4. The van der Waals surface area contributed by atoms with Crippen LogP contribution in [0.5, 0.6) is 5.75 Å². The van der Waals surface area contributed by atoms with Crippen molar-refractivity contribution >= 4 is 27.8 Å². The number of thiazole rings is 1. The van der Waals surface area contributed by atoms with Gasteiger partial charge in [-0.2, -0.15) is 0 Å². The lowest BCUT2D eigenvalue weighted by Gasteiger charge is -2.05. The van der Waals surface area contributed by atoms with E-state index < -0.39 is 0 Å². The van der Waals surface area contributed by atoms with Crippen LogP contribution in [0.25, 0.3) is 11.3 Å². The molecule has 1 N–H and O–H groups in total. The van der Waals surface area contributed by atoms with Crippen molar-refractivity contribution in [2.45, 2.75) is 6.42 Å². The van der Waals surface area contributed by atoms with Gasteiger partial charge in [-0.25, -0.2) is 4.98 Å². The molecule has 0 spiro atoms. The molecule has 1 aromatic carbocycles. The molecule has 0 aliphatic heterocycles. The van der Waals surface area contributed by atoms with Crippen LogP contribution in [0, 0.1) is 0 Å². The van der Waals surface area contributed by atoms with Crippen LogP contribution in [0.15, 0.2) is 47.2 Å². The second-order valence-corrected chi connectivity index (χ2v) is 6.38. The van der Waals surface area contributed by atoms with E-state index in [9.17, 15) is 0 Å². The van der Waals surface area contributed by atoms with E-state index in [1.165, 1.54) is 4.88 Å². The van der Waals surface area contributed by atoms with Crippen LogP contribution in [0.2, 0.25) is 0 Å². The van der Waals surface area contributed by atoms with E-state index in [0.29, 0.717) is 0 Å². The summed E-state index contributed by atoms with van der Waals surface area (Å²) in [6.07, 6.45) is 1.03. The predicted octanol–water partition coefficient (Wildman–Crippen LogP) is 4.53. The van der Waals surface area contributed by atoms with Gasteiger partial charge in [0.15, 0.2) is 5.13 Å². The monoisotopic (exact) mass is 316 g/mol. The highest BCUT2D eigenvalue weighted by atomic mass is 32.1. The van der Waals surface area contributed by atoms with Gasteiger partial charge in [-0.05, 0) is 30.0 Å². The number of rotatable bonds is 6. The zero-order chi connectivity index (χ0) is 14.5. The maximum absolute atomic E-state index is 5.38. The van der Waals surface area contributed by atoms with Crippen LogP contribution >= 0.6 is 22.7 Å². The fourth-order valence-corrected chi connectivity index (χ4v) is 3.53. The van der Waals surface area contributed by atoms with Crippen molar-refractivity contribution in [1.29, 1.82) is 0 Å². The molecule has 0 fully saturated rings. The lowest BCUT2D eigenvalue weighted by Crippen LogP contribution is -2.03. The Hall–Kier alpha value is -1.85. The number of para-hydroxylation sites is 1. The molecule has 2 heterocycles. The van der Waals surface area contributed by atoms with Crippen LogP contribution in [-0.2, 0) is 6.42 Å². The molecule has 3 aromatic rings. The van der Waals surface area contributed by atoms with Crippen molar-refractivity contribution in [2.24, 2.45) is 0 Å². The van der Waals surface area contributed by atoms with E-state index in [4.69, 9.17) is 4.74 Å². The van der Waals surface area contributed by atoms with Crippen molar-refractivity contribution in [2.75, 3.05) is 19.0 Å². The average molecular weight is 316 g/mol. The number of nitrogens with zero attached hydrogens (tertiary/aromatic N) is 1. The highest BCUT2D eigenvalue weighted by molar-refractivity contribution is 7.14. The Balaban J connectivity index is 1.66. The Morgan fingerprint density at radius 1 is 1.14 bits per heavy atom. The normalized spacial score (nSPS) is 10.5. The smallest absolute Gasteiger partial charge is 0.183 e. The number of thiophene rings is 1. The van der Waals surface area contributed by atoms with Crippen molar-refractivity contribution in [3.63, 3.8) is 0 Å². The van der Waals surface area contributed by atoms with E-state index in [1.54, 1.807) is 29.8 Å². The summed E-state index contributed by atoms with van der Waals surface area (Å²) in [4.78, 5) is 6.03. The summed E-state index contributed by atoms with van der Waals surface area (Å²) in [6, 6.07) is 12.2. The number of methoxy groups -OCH3 is 1. The maximum atomic E-state index is 5.38. The topological polar surface area (TPSA) is 34.1 Å². The minimum absolute atomic E-state index is 0.855. The molecule has 108 valence electrons. The van der Waals surface area contributed by atoms with Gasteiger partial charge in [0.05, 0.1) is 12.8 Å². The zero-order valence-electron chi connectivity index (χ0n) is 11.7. The molecule has 3 nitrogen and oxygen atoms in total. The molecule has 0 saturated carbocycles. The van der Waals surface area contributed by atoms with Gasteiger partial charge in [0.25, 0.3) is 0 Å². The molecule has 5 heteroatoms. The van der Waals surface area contributed by atoms with Gasteiger partial charge in [-0.15, -0.1) is 22.7 Å². The standard InChI is InChI=1S/C16H16N2OS2/c1-19-15-7-3-2-6-13(15)14-11-21-16(18-14)17-9-8-12-5-4-10-20-12/h2-7,10-11H,8-9H2,1H3,(H,17,18). The molecule has 0 aliphatic rings. The average Bonchev–Trinajstić information content (AvgIpc) is 3.19. The number of ether oxygens (including phenoxy) is 1. The third-order valence-electron chi connectivity index (χ3n) is 3.11. The molecule has 0 bridgehead atoms. The molecule has 3 rings (SSSR count). The SMILES string of the molecule is COc1ccccc1-c1csc(NCCc2cccs2)n1. The quantitative estimate of drug-likeness (QED) is 0.725. The number of aromatic nitrogens is 1. The minimum atomic E-state index is 0.855. The van der Waals surface area contributed by atoms with Crippen molar-refractivity contribution < 1.29 is 4.74 Å². The summed E-state index contributed by atoms with van der Waals surface area (Å²) in [7, 11) is 1.69. The van der Waals surface area contributed by atoms with Crippen LogP contribution in [0.4, 0.5) is 5.13 Å². The van der Waals surface area contributed by atoms with Gasteiger partial charge in [-0.1, -0.05) is 18.2 Å². The van der Waals surface area contributed by atoms with Gasteiger partial charge >= 0.3 is 0 Å². The summed E-state index contributed by atoms with van der Waals surface area (Å²) in [5.74, 6) is 0.855. The largest absolute Gasteiger partial charge is 0.496 e. The Morgan fingerprint density at radius 2 is 2.05 bits per heavy atom. The number of anilines is 1. The van der Waals surface area contributed by atoms with Gasteiger partial charge in [0, 0.05) is 22.4 Å². The van der Waals surface area contributed by atoms with E-state index in [-0.39, 0.29) is 0 Å². The second kappa shape index (κ2) is 6.74. The number of nitrogens with one attached hydrogen (secondary N) is 1.